The van der Waals surface area contributed by atoms with Gasteiger partial charge in [0, 0.05) is 19.6 Å². The summed E-state index contributed by atoms with van der Waals surface area (Å²) in [5.74, 6) is 0.0818. The van der Waals surface area contributed by atoms with Gasteiger partial charge in [0.15, 0.2) is 0 Å². The van der Waals surface area contributed by atoms with Crippen LogP contribution in [0.25, 0.3) is 5.57 Å². The van der Waals surface area contributed by atoms with E-state index in [0.717, 1.165) is 0 Å². The van der Waals surface area contributed by atoms with Crippen LogP contribution in [0.15, 0.2) is 30.0 Å². The molecule has 1 aliphatic heterocycles. The van der Waals surface area contributed by atoms with Gasteiger partial charge in [-0.05, 0) is 38.5 Å². The number of likely N-dealkylation sites (N-methyl/N-ethyl adjacent to an activating group) is 1. The van der Waals surface area contributed by atoms with Crippen LogP contribution in [0, 0.1) is 0 Å². The second-order valence-electron chi connectivity index (χ2n) is 5.90. The summed E-state index contributed by atoms with van der Waals surface area (Å²) in [5.41, 5.74) is 1.36. The second-order valence-corrected chi connectivity index (χ2v) is 5.90. The van der Waals surface area contributed by atoms with Gasteiger partial charge < -0.3 is 14.7 Å². The molecule has 2 rings (SSSR count). The lowest BCUT2D eigenvalue weighted by atomic mass is 10.0. The van der Waals surface area contributed by atoms with Crippen molar-refractivity contribution in [3.05, 3.63) is 35.5 Å². The van der Waals surface area contributed by atoms with Gasteiger partial charge in [-0.15, -0.1) is 0 Å². The van der Waals surface area contributed by atoms with Gasteiger partial charge in [-0.2, -0.15) is 0 Å². The van der Waals surface area contributed by atoms with Crippen molar-refractivity contribution in [1.82, 2.24) is 9.80 Å². The molecule has 6 nitrogen and oxygen atoms in total. The first-order valence-electron chi connectivity index (χ1n) is 8.09. The average molecular weight is 332 g/mol. The molecule has 1 N–H and O–H groups in total. The number of aliphatic hydroxyl groups is 1. The Hall–Kier alpha value is -2.34. The number of nitrogens with zero attached hydrogens (tertiary/aromatic N) is 2. The van der Waals surface area contributed by atoms with E-state index in [1.165, 1.54) is 4.90 Å². The van der Waals surface area contributed by atoms with Crippen LogP contribution < -0.4 is 4.74 Å². The normalized spacial score (nSPS) is 14.8. The van der Waals surface area contributed by atoms with Crippen LogP contribution in [0.5, 0.6) is 5.75 Å². The fourth-order valence-corrected chi connectivity index (χ4v) is 2.76. The number of carbonyl (C=O) groups is 2. The summed E-state index contributed by atoms with van der Waals surface area (Å²) in [4.78, 5) is 28.4. The number of amides is 2. The Morgan fingerprint density at radius 2 is 1.79 bits per heavy atom. The zero-order chi connectivity index (χ0) is 17.9. The van der Waals surface area contributed by atoms with Crippen molar-refractivity contribution in [3.8, 4) is 5.75 Å². The van der Waals surface area contributed by atoms with Gasteiger partial charge in [-0.1, -0.05) is 12.1 Å². The predicted octanol–water partition coefficient (Wildman–Crippen LogP) is 1.50. The molecule has 1 aromatic rings. The standard InChI is InChI=1S/C18H24N2O4/c1-5-24-14-8-6-13(7-9-14)15-16(19(4)10-11-21)18(23)20(12(2)3)17(15)22/h6-9,12,21H,5,10-11H2,1-4H3. The molecule has 6 heteroatoms. The lowest BCUT2D eigenvalue weighted by Gasteiger charge is -2.22. The molecule has 0 aliphatic carbocycles. The maximum Gasteiger partial charge on any atom is 0.278 e. The van der Waals surface area contributed by atoms with Gasteiger partial charge in [-0.3, -0.25) is 14.5 Å². The van der Waals surface area contributed by atoms with Crippen LogP contribution >= 0.6 is 0 Å². The van der Waals surface area contributed by atoms with E-state index in [4.69, 9.17) is 4.74 Å². The van der Waals surface area contributed by atoms with E-state index >= 15 is 0 Å². The predicted molar refractivity (Wildman–Crippen MR) is 91.2 cm³/mol. The van der Waals surface area contributed by atoms with Gasteiger partial charge in [0.05, 0.1) is 18.8 Å². The van der Waals surface area contributed by atoms with Gasteiger partial charge in [0.2, 0.25) is 0 Å². The fourth-order valence-electron chi connectivity index (χ4n) is 2.76. The van der Waals surface area contributed by atoms with E-state index in [1.807, 2.05) is 6.92 Å². The minimum absolute atomic E-state index is 0.0975. The first-order valence-corrected chi connectivity index (χ1v) is 8.09. The Labute approximate surface area is 142 Å². The van der Waals surface area contributed by atoms with Crippen molar-refractivity contribution < 1.29 is 19.4 Å². The molecule has 0 spiro atoms. The molecule has 0 bridgehead atoms. The smallest absolute Gasteiger partial charge is 0.278 e. The van der Waals surface area contributed by atoms with E-state index in [1.54, 1.807) is 50.1 Å². The highest BCUT2D eigenvalue weighted by molar-refractivity contribution is 6.35. The highest BCUT2D eigenvalue weighted by Crippen LogP contribution is 2.32. The molecule has 0 saturated carbocycles. The summed E-state index contributed by atoms with van der Waals surface area (Å²) in [6.07, 6.45) is 0. The zero-order valence-electron chi connectivity index (χ0n) is 14.6. The number of aliphatic hydroxyl groups excluding tert-OH is 1. The number of carbonyl (C=O) groups excluding carboxylic acids is 2. The van der Waals surface area contributed by atoms with Crippen molar-refractivity contribution in [2.45, 2.75) is 26.8 Å². The summed E-state index contributed by atoms with van der Waals surface area (Å²) in [5, 5.41) is 9.19. The van der Waals surface area contributed by atoms with E-state index in [-0.39, 0.29) is 31.0 Å². The van der Waals surface area contributed by atoms with Gasteiger partial charge in [0.25, 0.3) is 11.8 Å². The van der Waals surface area contributed by atoms with E-state index in [9.17, 15) is 14.7 Å². The van der Waals surface area contributed by atoms with Crippen LogP contribution in [-0.4, -0.2) is 59.6 Å². The first-order chi connectivity index (χ1) is 11.4. The molecule has 0 radical (unpaired) electrons. The van der Waals surface area contributed by atoms with Crippen LogP contribution in [0.4, 0.5) is 0 Å². The van der Waals surface area contributed by atoms with Crippen molar-refractivity contribution in [2.75, 3.05) is 26.8 Å². The lowest BCUT2D eigenvalue weighted by Crippen LogP contribution is -2.39. The minimum atomic E-state index is -0.324. The molecule has 0 aromatic heterocycles. The van der Waals surface area contributed by atoms with Crippen molar-refractivity contribution >= 4 is 17.4 Å². The fraction of sp³-hybridized carbons (Fsp3) is 0.444. The molecular weight excluding hydrogens is 308 g/mol. The molecule has 2 amide bonds. The number of hydrogen-bond donors (Lipinski definition) is 1. The molecule has 0 saturated heterocycles. The number of ether oxygens (including phenoxy) is 1. The number of benzene rings is 1. The van der Waals surface area contributed by atoms with Crippen molar-refractivity contribution in [2.24, 2.45) is 0 Å². The topological polar surface area (TPSA) is 70.1 Å². The number of hydrogen-bond acceptors (Lipinski definition) is 5. The third-order valence-electron chi connectivity index (χ3n) is 3.88. The lowest BCUT2D eigenvalue weighted by molar-refractivity contribution is -0.139. The Morgan fingerprint density at radius 3 is 2.29 bits per heavy atom. The largest absolute Gasteiger partial charge is 0.494 e. The van der Waals surface area contributed by atoms with E-state index in [0.29, 0.717) is 29.2 Å². The summed E-state index contributed by atoms with van der Waals surface area (Å²) in [7, 11) is 1.70. The first kappa shape index (κ1) is 18.0. The average Bonchev–Trinajstić information content (AvgIpc) is 2.79. The van der Waals surface area contributed by atoms with Gasteiger partial charge in [0.1, 0.15) is 11.4 Å². The maximum atomic E-state index is 12.8. The van der Waals surface area contributed by atoms with Crippen LogP contribution in [0.3, 0.4) is 0 Å². The van der Waals surface area contributed by atoms with Crippen LogP contribution in [0.1, 0.15) is 26.3 Å². The van der Waals surface area contributed by atoms with Gasteiger partial charge >= 0.3 is 0 Å². The van der Waals surface area contributed by atoms with Crippen molar-refractivity contribution in [3.63, 3.8) is 0 Å². The minimum Gasteiger partial charge on any atom is -0.494 e. The quantitative estimate of drug-likeness (QED) is 0.766. The van der Waals surface area contributed by atoms with E-state index < -0.39 is 0 Å². The molecule has 24 heavy (non-hydrogen) atoms. The van der Waals surface area contributed by atoms with Crippen LogP contribution in [0.2, 0.25) is 0 Å². The maximum absolute atomic E-state index is 12.8. The molecule has 1 aliphatic rings. The Balaban J connectivity index is 2.50. The Kier molecular flexibility index (Phi) is 5.62. The highest BCUT2D eigenvalue weighted by atomic mass is 16.5. The SMILES string of the molecule is CCOc1ccc(C2=C(N(C)CCO)C(=O)N(C(C)C)C2=O)cc1. The molecule has 0 fully saturated rings. The van der Waals surface area contributed by atoms with Gasteiger partial charge in [-0.25, -0.2) is 0 Å². The molecule has 130 valence electrons. The summed E-state index contributed by atoms with van der Waals surface area (Å²) in [6.45, 7) is 6.25. The Morgan fingerprint density at radius 1 is 1.17 bits per heavy atom. The van der Waals surface area contributed by atoms with Crippen molar-refractivity contribution in [1.29, 1.82) is 0 Å². The second kappa shape index (κ2) is 7.49. The van der Waals surface area contributed by atoms with Crippen LogP contribution in [-0.2, 0) is 9.59 Å². The number of rotatable bonds is 7. The zero-order valence-corrected chi connectivity index (χ0v) is 14.6. The molecule has 1 aromatic carbocycles. The summed E-state index contributed by atoms with van der Waals surface area (Å²) >= 11 is 0. The highest BCUT2D eigenvalue weighted by Gasteiger charge is 2.41. The Bertz CT molecular complexity index is 649. The molecular formula is C18H24N2O4. The molecule has 0 atom stereocenters. The third-order valence-corrected chi connectivity index (χ3v) is 3.88. The monoisotopic (exact) mass is 332 g/mol. The number of imide groups is 1. The molecule has 0 unspecified atom stereocenters. The third kappa shape index (κ3) is 3.28. The summed E-state index contributed by atoms with van der Waals surface area (Å²) < 4.78 is 5.42. The summed E-state index contributed by atoms with van der Waals surface area (Å²) in [6, 6.07) is 6.89. The molecule has 1 heterocycles. The van der Waals surface area contributed by atoms with E-state index in [2.05, 4.69) is 0 Å².